The number of nitrogens with zero attached hydrogens (tertiary/aromatic N) is 2. The van der Waals surface area contributed by atoms with Crippen molar-refractivity contribution in [2.45, 2.75) is 26.7 Å². The predicted octanol–water partition coefficient (Wildman–Crippen LogP) is 1.05. The summed E-state index contributed by atoms with van der Waals surface area (Å²) in [5.74, 6) is -0.0833. The van der Waals surface area contributed by atoms with E-state index in [-0.39, 0.29) is 11.5 Å². The van der Waals surface area contributed by atoms with Gasteiger partial charge in [0.1, 0.15) is 0 Å². The summed E-state index contributed by atoms with van der Waals surface area (Å²) in [5.41, 5.74) is 8.29. The fraction of sp³-hybridized carbons (Fsp3) is 0.667. The predicted molar refractivity (Wildman–Crippen MR) is 34.2 cm³/mol. The largest absolute Gasteiger partial charge is 0.361 e. The van der Waals surface area contributed by atoms with Gasteiger partial charge in [-0.2, -0.15) is 4.79 Å². The van der Waals surface area contributed by atoms with Crippen molar-refractivity contribution in [2.75, 3.05) is 0 Å². The topological polar surface area (TPSA) is 53.5 Å². The Morgan fingerprint density at radius 3 is 2.56 bits per heavy atom. The molecule has 0 aromatic rings. The number of hydrogen-bond donors (Lipinski definition) is 0. The van der Waals surface area contributed by atoms with E-state index in [0.717, 1.165) is 6.42 Å². The summed E-state index contributed by atoms with van der Waals surface area (Å²) in [6, 6.07) is 0. The fourth-order valence-electron chi connectivity index (χ4n) is 0.464. The molecule has 0 N–H and O–H groups in total. The standard InChI is InChI=1S/C6H10N2O/c1-3-4-6(9)5(2)8-7/h3-4H2,1-2H3. The van der Waals surface area contributed by atoms with E-state index < -0.39 is 0 Å². The van der Waals surface area contributed by atoms with Crippen molar-refractivity contribution in [1.29, 1.82) is 0 Å². The van der Waals surface area contributed by atoms with Crippen LogP contribution in [0.2, 0.25) is 0 Å². The van der Waals surface area contributed by atoms with Crippen LogP contribution < -0.4 is 0 Å². The van der Waals surface area contributed by atoms with Crippen LogP contribution in [0.5, 0.6) is 0 Å². The van der Waals surface area contributed by atoms with Crippen LogP contribution >= 0.6 is 0 Å². The second-order valence-electron chi connectivity index (χ2n) is 1.86. The van der Waals surface area contributed by atoms with Gasteiger partial charge < -0.3 is 5.53 Å². The van der Waals surface area contributed by atoms with Crippen molar-refractivity contribution in [1.82, 2.24) is 0 Å². The molecule has 0 amide bonds. The minimum Gasteiger partial charge on any atom is -0.361 e. The number of hydrogen-bond acceptors (Lipinski definition) is 1. The Hall–Kier alpha value is -0.950. The first kappa shape index (κ1) is 8.05. The average molecular weight is 126 g/mol. The zero-order chi connectivity index (χ0) is 7.28. The molecular weight excluding hydrogens is 116 g/mol. The van der Waals surface area contributed by atoms with Gasteiger partial charge in [0, 0.05) is 13.3 Å². The van der Waals surface area contributed by atoms with Gasteiger partial charge in [0.05, 0.1) is 0 Å². The smallest absolute Gasteiger partial charge is 0.331 e. The van der Waals surface area contributed by atoms with Gasteiger partial charge >= 0.3 is 5.71 Å². The van der Waals surface area contributed by atoms with Crippen LogP contribution in [0.15, 0.2) is 0 Å². The number of carbonyl (C=O) groups excluding carboxylic acids is 1. The lowest BCUT2D eigenvalue weighted by molar-refractivity contribution is -0.117. The van der Waals surface area contributed by atoms with Crippen molar-refractivity contribution in [3.05, 3.63) is 5.53 Å². The normalized spacial score (nSPS) is 8.22. The molecule has 3 nitrogen and oxygen atoms in total. The van der Waals surface area contributed by atoms with E-state index >= 15 is 0 Å². The molecule has 0 aliphatic heterocycles. The molecule has 0 spiro atoms. The summed E-state index contributed by atoms with van der Waals surface area (Å²) >= 11 is 0. The molecule has 0 unspecified atom stereocenters. The highest BCUT2D eigenvalue weighted by Crippen LogP contribution is 1.88. The van der Waals surface area contributed by atoms with Gasteiger partial charge in [0.15, 0.2) is 0 Å². The van der Waals surface area contributed by atoms with E-state index in [9.17, 15) is 4.79 Å². The van der Waals surface area contributed by atoms with Crippen LogP contribution in [-0.2, 0) is 4.79 Å². The molecule has 0 fully saturated rings. The molecule has 50 valence electrons. The monoisotopic (exact) mass is 126 g/mol. The first-order valence-electron chi connectivity index (χ1n) is 2.94. The van der Waals surface area contributed by atoms with Crippen LogP contribution in [0.1, 0.15) is 26.7 Å². The first-order valence-corrected chi connectivity index (χ1v) is 2.94. The Morgan fingerprint density at radius 1 is 1.67 bits per heavy atom. The molecule has 0 bridgehead atoms. The molecule has 0 aromatic heterocycles. The van der Waals surface area contributed by atoms with Gasteiger partial charge in [0.25, 0.3) is 0 Å². The lowest BCUT2D eigenvalue weighted by Crippen LogP contribution is -2.09. The maximum Gasteiger partial charge on any atom is 0.331 e. The molecule has 0 rings (SSSR count). The Morgan fingerprint density at radius 2 is 2.22 bits per heavy atom. The van der Waals surface area contributed by atoms with E-state index in [2.05, 4.69) is 4.79 Å². The number of ketones is 1. The summed E-state index contributed by atoms with van der Waals surface area (Å²) in [4.78, 5) is 13.5. The van der Waals surface area contributed by atoms with Crippen LogP contribution in [0.4, 0.5) is 0 Å². The maximum atomic E-state index is 10.7. The summed E-state index contributed by atoms with van der Waals surface area (Å²) < 4.78 is 0. The molecular formula is C6H10N2O. The van der Waals surface area contributed by atoms with Crippen LogP contribution in [-0.4, -0.2) is 16.3 Å². The molecule has 0 atom stereocenters. The SMILES string of the molecule is CCCC(=O)C(C)=[N+]=[N-]. The minimum absolute atomic E-state index is 0.0833. The van der Waals surface area contributed by atoms with E-state index in [4.69, 9.17) is 5.53 Å². The molecule has 0 saturated heterocycles. The maximum absolute atomic E-state index is 10.7. The Labute approximate surface area is 54.3 Å². The zero-order valence-electron chi connectivity index (χ0n) is 5.72. The van der Waals surface area contributed by atoms with Crippen molar-refractivity contribution in [2.24, 2.45) is 0 Å². The zero-order valence-corrected chi connectivity index (χ0v) is 5.72. The van der Waals surface area contributed by atoms with Gasteiger partial charge in [-0.05, 0) is 6.42 Å². The van der Waals surface area contributed by atoms with E-state index in [1.807, 2.05) is 6.92 Å². The summed E-state index contributed by atoms with van der Waals surface area (Å²) in [7, 11) is 0. The Bertz CT molecular complexity index is 156. The highest BCUT2D eigenvalue weighted by Gasteiger charge is 2.10. The molecule has 0 heterocycles. The van der Waals surface area contributed by atoms with E-state index in [1.165, 1.54) is 6.92 Å². The molecule has 0 aliphatic rings. The van der Waals surface area contributed by atoms with Crippen LogP contribution in [0.25, 0.3) is 5.53 Å². The third-order valence-corrected chi connectivity index (χ3v) is 1.03. The second kappa shape index (κ2) is 3.98. The molecule has 0 aromatic carbocycles. The average Bonchev–Trinajstić information content (AvgIpc) is 1.87. The van der Waals surface area contributed by atoms with E-state index in [1.54, 1.807) is 0 Å². The van der Waals surface area contributed by atoms with Crippen molar-refractivity contribution >= 4 is 11.5 Å². The van der Waals surface area contributed by atoms with Gasteiger partial charge in [-0.25, -0.2) is 0 Å². The number of rotatable bonds is 3. The second-order valence-corrected chi connectivity index (χ2v) is 1.86. The molecule has 0 aliphatic carbocycles. The van der Waals surface area contributed by atoms with Crippen LogP contribution in [0.3, 0.4) is 0 Å². The van der Waals surface area contributed by atoms with Crippen LogP contribution in [0, 0.1) is 0 Å². The minimum atomic E-state index is -0.0833. The lowest BCUT2D eigenvalue weighted by Gasteiger charge is -1.84. The number of Topliss-reactive ketones (excluding diaryl/α,β-unsaturated/α-hetero) is 1. The molecule has 9 heavy (non-hydrogen) atoms. The summed E-state index contributed by atoms with van der Waals surface area (Å²) in [5, 5.41) is 0. The van der Waals surface area contributed by atoms with Gasteiger partial charge in [0.2, 0.25) is 5.78 Å². The van der Waals surface area contributed by atoms with Gasteiger partial charge in [-0.3, -0.25) is 4.79 Å². The summed E-state index contributed by atoms with van der Waals surface area (Å²) in [6.45, 7) is 3.40. The summed E-state index contributed by atoms with van der Waals surface area (Å²) in [6.07, 6.45) is 1.27. The molecule has 0 radical (unpaired) electrons. The van der Waals surface area contributed by atoms with Crippen molar-refractivity contribution in [3.8, 4) is 0 Å². The number of carbonyl (C=O) groups is 1. The third kappa shape index (κ3) is 2.77. The highest BCUT2D eigenvalue weighted by atomic mass is 16.1. The molecule has 3 heteroatoms. The highest BCUT2D eigenvalue weighted by molar-refractivity contribution is 6.36. The van der Waals surface area contributed by atoms with Crippen molar-refractivity contribution < 1.29 is 9.58 Å². The molecule has 0 saturated carbocycles. The van der Waals surface area contributed by atoms with Gasteiger partial charge in [-0.15, -0.1) is 0 Å². The van der Waals surface area contributed by atoms with Gasteiger partial charge in [-0.1, -0.05) is 6.92 Å². The Kier molecular flexibility index (Phi) is 3.56. The fourth-order valence-corrected chi connectivity index (χ4v) is 0.464. The van der Waals surface area contributed by atoms with Crippen molar-refractivity contribution in [3.63, 3.8) is 0 Å². The quantitative estimate of drug-likeness (QED) is 0.316. The first-order chi connectivity index (χ1) is 4.22. The third-order valence-electron chi connectivity index (χ3n) is 1.03. The van der Waals surface area contributed by atoms with E-state index in [0.29, 0.717) is 6.42 Å². The Balaban J connectivity index is 3.89. The lowest BCUT2D eigenvalue weighted by atomic mass is 10.2.